The van der Waals surface area contributed by atoms with Crippen LogP contribution in [0.5, 0.6) is 5.75 Å². The van der Waals surface area contributed by atoms with E-state index in [9.17, 15) is 0 Å². The molecule has 0 aliphatic carbocycles. The van der Waals surface area contributed by atoms with Crippen LogP contribution in [0, 0.1) is 0 Å². The second-order valence-electron chi connectivity index (χ2n) is 7.06. The lowest BCUT2D eigenvalue weighted by atomic mass is 10.1. The van der Waals surface area contributed by atoms with Gasteiger partial charge in [-0.1, -0.05) is 25.0 Å². The molecule has 2 aromatic rings. The summed E-state index contributed by atoms with van der Waals surface area (Å²) >= 11 is 0. The average Bonchev–Trinajstić information content (AvgIpc) is 2.84. The number of aryl methyl sites for hydroxylation is 1. The number of hydrogen-bond acceptors (Lipinski definition) is 3. The summed E-state index contributed by atoms with van der Waals surface area (Å²) in [4.78, 5) is 2.59. The summed E-state index contributed by atoms with van der Waals surface area (Å²) < 4.78 is 7.66. The van der Waals surface area contributed by atoms with Crippen LogP contribution in [0.25, 0.3) is 0 Å². The topological polar surface area (TPSA) is 30.3 Å². The maximum atomic E-state index is 5.75. The first-order chi connectivity index (χ1) is 11.6. The van der Waals surface area contributed by atoms with Crippen LogP contribution in [-0.4, -0.2) is 27.3 Å². The smallest absolute Gasteiger partial charge is 0.119 e. The molecule has 0 saturated carbocycles. The average molecular weight is 327 g/mol. The maximum absolute atomic E-state index is 5.75. The number of hydrogen-bond donors (Lipinski definition) is 0. The Morgan fingerprint density at radius 1 is 1.12 bits per heavy atom. The van der Waals surface area contributed by atoms with Crippen molar-refractivity contribution in [3.8, 4) is 5.75 Å². The lowest BCUT2D eigenvalue weighted by molar-refractivity contribution is 0.188. The number of ether oxygens (including phenoxy) is 1. The predicted molar refractivity (Wildman–Crippen MR) is 97.0 cm³/mol. The zero-order valence-corrected chi connectivity index (χ0v) is 15.1. The Morgan fingerprint density at radius 2 is 1.92 bits per heavy atom. The molecule has 0 radical (unpaired) electrons. The van der Waals surface area contributed by atoms with E-state index >= 15 is 0 Å². The Morgan fingerprint density at radius 3 is 2.58 bits per heavy atom. The maximum Gasteiger partial charge on any atom is 0.119 e. The third-order valence-electron chi connectivity index (χ3n) is 4.62. The molecule has 4 heteroatoms. The van der Waals surface area contributed by atoms with Crippen molar-refractivity contribution < 1.29 is 4.74 Å². The Hall–Kier alpha value is -1.81. The van der Waals surface area contributed by atoms with Crippen LogP contribution in [0.1, 0.15) is 56.8 Å². The Kier molecular flexibility index (Phi) is 5.56. The van der Waals surface area contributed by atoms with Gasteiger partial charge in [-0.05, 0) is 57.0 Å². The molecule has 3 rings (SSSR count). The molecule has 1 aliphatic heterocycles. The van der Waals surface area contributed by atoms with Gasteiger partial charge in [0.25, 0.3) is 0 Å². The molecule has 1 aromatic carbocycles. The second kappa shape index (κ2) is 7.84. The molecule has 0 unspecified atom stereocenters. The number of nitrogens with zero attached hydrogens (tertiary/aromatic N) is 3. The summed E-state index contributed by atoms with van der Waals surface area (Å²) in [6.45, 7) is 6.24. The number of likely N-dealkylation sites (tertiary alicyclic amines) is 1. The van der Waals surface area contributed by atoms with Crippen molar-refractivity contribution in [1.82, 2.24) is 14.7 Å². The minimum atomic E-state index is 0.218. The summed E-state index contributed by atoms with van der Waals surface area (Å²) in [6.07, 6.45) is 7.36. The van der Waals surface area contributed by atoms with Crippen molar-refractivity contribution in [3.63, 3.8) is 0 Å². The zero-order chi connectivity index (χ0) is 16.9. The minimum absolute atomic E-state index is 0.218. The molecule has 0 bridgehead atoms. The van der Waals surface area contributed by atoms with Crippen molar-refractivity contribution in [2.75, 3.05) is 6.54 Å². The highest BCUT2D eigenvalue weighted by Gasteiger charge is 2.24. The summed E-state index contributed by atoms with van der Waals surface area (Å²) in [5, 5.41) is 4.67. The zero-order valence-electron chi connectivity index (χ0n) is 15.1. The van der Waals surface area contributed by atoms with Crippen LogP contribution < -0.4 is 4.74 Å². The number of benzene rings is 1. The Bertz CT molecular complexity index is 633. The second-order valence-corrected chi connectivity index (χ2v) is 7.06. The minimum Gasteiger partial charge on any atom is -0.491 e. The molecule has 1 saturated heterocycles. The highest BCUT2D eigenvalue weighted by atomic mass is 16.5. The van der Waals surface area contributed by atoms with E-state index in [1.54, 1.807) is 0 Å². The first-order valence-corrected chi connectivity index (χ1v) is 9.11. The van der Waals surface area contributed by atoms with E-state index in [1.165, 1.54) is 36.9 Å². The van der Waals surface area contributed by atoms with Crippen LogP contribution in [0.4, 0.5) is 0 Å². The lowest BCUT2D eigenvalue weighted by Gasteiger charge is -2.28. The molecule has 2 heterocycles. The normalized spacial score (nSPS) is 19.4. The fourth-order valence-corrected chi connectivity index (χ4v) is 3.48. The van der Waals surface area contributed by atoms with E-state index in [4.69, 9.17) is 4.74 Å². The van der Waals surface area contributed by atoms with Gasteiger partial charge in [0, 0.05) is 19.8 Å². The van der Waals surface area contributed by atoms with Crippen LogP contribution >= 0.6 is 0 Å². The first kappa shape index (κ1) is 17.0. The van der Waals surface area contributed by atoms with E-state index < -0.39 is 0 Å². The molecule has 24 heavy (non-hydrogen) atoms. The SMILES string of the molecule is CC(C)Oc1ccc(CN2CCCCC[C@H]2c2ccn(C)n2)cc1. The van der Waals surface area contributed by atoms with Gasteiger partial charge in [0.1, 0.15) is 5.75 Å². The summed E-state index contributed by atoms with van der Waals surface area (Å²) in [6, 6.07) is 11.2. The van der Waals surface area contributed by atoms with Crippen molar-refractivity contribution in [2.24, 2.45) is 7.05 Å². The molecule has 0 amide bonds. The van der Waals surface area contributed by atoms with Crippen LogP contribution in [-0.2, 0) is 13.6 Å². The molecule has 0 spiro atoms. The van der Waals surface area contributed by atoms with Crippen molar-refractivity contribution >= 4 is 0 Å². The van der Waals surface area contributed by atoms with Crippen molar-refractivity contribution in [1.29, 1.82) is 0 Å². The molecule has 1 fully saturated rings. The number of rotatable bonds is 5. The lowest BCUT2D eigenvalue weighted by Crippen LogP contribution is -2.28. The third kappa shape index (κ3) is 4.38. The molecule has 1 aromatic heterocycles. The van der Waals surface area contributed by atoms with Gasteiger partial charge in [-0.15, -0.1) is 0 Å². The van der Waals surface area contributed by atoms with Gasteiger partial charge in [-0.25, -0.2) is 0 Å². The molecule has 130 valence electrons. The highest BCUT2D eigenvalue weighted by Crippen LogP contribution is 2.30. The van der Waals surface area contributed by atoms with Crippen molar-refractivity contribution in [3.05, 3.63) is 47.8 Å². The Balaban J connectivity index is 1.72. The van der Waals surface area contributed by atoms with Gasteiger partial charge in [0.15, 0.2) is 0 Å². The molecule has 4 nitrogen and oxygen atoms in total. The largest absolute Gasteiger partial charge is 0.491 e. The summed E-state index contributed by atoms with van der Waals surface area (Å²) in [7, 11) is 2.00. The van der Waals surface area contributed by atoms with Crippen LogP contribution in [0.3, 0.4) is 0 Å². The van der Waals surface area contributed by atoms with E-state index in [0.29, 0.717) is 6.04 Å². The predicted octanol–water partition coefficient (Wildman–Crippen LogP) is 4.32. The molecule has 1 aliphatic rings. The van der Waals surface area contributed by atoms with Crippen LogP contribution in [0.2, 0.25) is 0 Å². The van der Waals surface area contributed by atoms with Gasteiger partial charge in [0.2, 0.25) is 0 Å². The van der Waals surface area contributed by atoms with Crippen molar-refractivity contribution in [2.45, 2.75) is 58.2 Å². The quantitative estimate of drug-likeness (QED) is 0.819. The monoisotopic (exact) mass is 327 g/mol. The van der Waals surface area contributed by atoms with E-state index in [-0.39, 0.29) is 6.10 Å². The summed E-state index contributed by atoms with van der Waals surface area (Å²) in [5.74, 6) is 0.950. The molecular weight excluding hydrogens is 298 g/mol. The molecule has 0 N–H and O–H groups in total. The molecule has 1 atom stereocenters. The fraction of sp³-hybridized carbons (Fsp3) is 0.550. The third-order valence-corrected chi connectivity index (χ3v) is 4.62. The van der Waals surface area contributed by atoms with Gasteiger partial charge in [-0.2, -0.15) is 5.10 Å². The van der Waals surface area contributed by atoms with E-state index in [1.807, 2.05) is 11.7 Å². The fourth-order valence-electron chi connectivity index (χ4n) is 3.48. The van der Waals surface area contributed by atoms with Crippen LogP contribution in [0.15, 0.2) is 36.5 Å². The van der Waals surface area contributed by atoms with E-state index in [2.05, 4.69) is 60.4 Å². The van der Waals surface area contributed by atoms with E-state index in [0.717, 1.165) is 18.8 Å². The highest BCUT2D eigenvalue weighted by molar-refractivity contribution is 5.27. The van der Waals surface area contributed by atoms with Gasteiger partial charge < -0.3 is 4.74 Å². The first-order valence-electron chi connectivity index (χ1n) is 9.11. The van der Waals surface area contributed by atoms with Gasteiger partial charge in [-0.3, -0.25) is 9.58 Å². The molecular formula is C20H29N3O. The summed E-state index contributed by atoms with van der Waals surface area (Å²) in [5.41, 5.74) is 2.55. The number of aromatic nitrogens is 2. The van der Waals surface area contributed by atoms with Gasteiger partial charge in [0.05, 0.1) is 17.8 Å². The standard InChI is InChI=1S/C20H29N3O/c1-16(2)24-18-10-8-17(9-11-18)15-23-13-6-4-5-7-20(23)19-12-14-22(3)21-19/h8-12,14,16,20H,4-7,13,15H2,1-3H3/t20-/m0/s1. The Labute approximate surface area is 145 Å². The van der Waals surface area contributed by atoms with Gasteiger partial charge >= 0.3 is 0 Å².